The van der Waals surface area contributed by atoms with E-state index in [1.54, 1.807) is 0 Å². The molecule has 2 aliphatic rings. The molecule has 0 aromatic heterocycles. The van der Waals surface area contributed by atoms with Crippen LogP contribution in [0.4, 0.5) is 0 Å². The number of aliphatic hydroxyl groups is 3. The molecule has 0 amide bonds. The van der Waals surface area contributed by atoms with Gasteiger partial charge in [0, 0.05) is 5.92 Å². The van der Waals surface area contributed by atoms with Crippen LogP contribution in [0, 0.1) is 17.8 Å². The quantitative estimate of drug-likeness (QED) is 0.659. The molecule has 0 aromatic carbocycles. The molecule has 18 heavy (non-hydrogen) atoms. The minimum absolute atomic E-state index is 0.0197. The third-order valence-electron chi connectivity index (χ3n) is 5.06. The summed E-state index contributed by atoms with van der Waals surface area (Å²) in [6.07, 6.45) is 5.08. The van der Waals surface area contributed by atoms with Crippen LogP contribution >= 0.6 is 0 Å². The molecule has 1 fully saturated rings. The fourth-order valence-electron chi connectivity index (χ4n) is 3.66. The van der Waals surface area contributed by atoms with Gasteiger partial charge in [-0.3, -0.25) is 0 Å². The Kier molecular flexibility index (Phi) is 3.60. The zero-order valence-electron chi connectivity index (χ0n) is 11.7. The number of allylic oxidation sites excluding steroid dienone is 1. The van der Waals surface area contributed by atoms with E-state index in [4.69, 9.17) is 0 Å². The highest BCUT2D eigenvalue weighted by Crippen LogP contribution is 2.50. The van der Waals surface area contributed by atoms with Crippen LogP contribution in [0.15, 0.2) is 11.6 Å². The van der Waals surface area contributed by atoms with E-state index in [1.165, 1.54) is 5.57 Å². The van der Waals surface area contributed by atoms with Gasteiger partial charge in [0.2, 0.25) is 0 Å². The lowest BCUT2D eigenvalue weighted by atomic mass is 9.77. The van der Waals surface area contributed by atoms with Crippen molar-refractivity contribution in [2.45, 2.75) is 57.7 Å². The zero-order chi connectivity index (χ0) is 13.6. The van der Waals surface area contributed by atoms with E-state index in [1.807, 2.05) is 6.92 Å². The Morgan fingerprint density at radius 2 is 2.00 bits per heavy atom. The smallest absolute Gasteiger partial charge is 0.0915 e. The minimum atomic E-state index is -1.03. The Morgan fingerprint density at radius 1 is 1.33 bits per heavy atom. The van der Waals surface area contributed by atoms with Gasteiger partial charge in [-0.05, 0) is 44.4 Å². The average molecular weight is 254 g/mol. The Morgan fingerprint density at radius 3 is 2.56 bits per heavy atom. The molecular weight excluding hydrogens is 228 g/mol. The number of rotatable bonds is 2. The van der Waals surface area contributed by atoms with Gasteiger partial charge in [-0.1, -0.05) is 25.5 Å². The molecule has 3 heteroatoms. The summed E-state index contributed by atoms with van der Waals surface area (Å²) in [5, 5.41) is 30.7. The normalized spacial score (nSPS) is 44.7. The highest BCUT2D eigenvalue weighted by Gasteiger charge is 2.52. The molecule has 0 aromatic rings. The standard InChI is InChI=1S/C15H26O3/c1-10(2)11-4-7-15(18,9-16)12-5-6-14(3,17)13(12)8-11/h8,10,12-13,16-18H,4-7,9H2,1-3H3/t12-,13+,14-,15+/m0/s1. The maximum Gasteiger partial charge on any atom is 0.0915 e. The van der Waals surface area contributed by atoms with Crippen LogP contribution in [0.2, 0.25) is 0 Å². The molecule has 0 saturated heterocycles. The summed E-state index contributed by atoms with van der Waals surface area (Å²) in [7, 11) is 0. The SMILES string of the molecule is CC(C)C1=C[C@@H]2[C@H](CC[C@]2(C)O)[C@](O)(CO)CC1. The number of fused-ring (bicyclic) bond motifs is 1. The summed E-state index contributed by atoms with van der Waals surface area (Å²) >= 11 is 0. The van der Waals surface area contributed by atoms with Crippen LogP contribution in [-0.4, -0.2) is 33.1 Å². The lowest BCUT2D eigenvalue weighted by Crippen LogP contribution is -2.45. The third-order valence-corrected chi connectivity index (χ3v) is 5.06. The first kappa shape index (κ1) is 14.0. The van der Waals surface area contributed by atoms with E-state index in [2.05, 4.69) is 19.9 Å². The second kappa shape index (κ2) is 4.62. The maximum absolute atomic E-state index is 10.7. The topological polar surface area (TPSA) is 60.7 Å². The molecule has 0 aliphatic heterocycles. The summed E-state index contributed by atoms with van der Waals surface area (Å²) in [5.74, 6) is 0.381. The molecule has 1 saturated carbocycles. The van der Waals surface area contributed by atoms with E-state index >= 15 is 0 Å². The summed E-state index contributed by atoms with van der Waals surface area (Å²) in [4.78, 5) is 0. The fraction of sp³-hybridized carbons (Fsp3) is 0.867. The predicted octanol–water partition coefficient (Wildman–Crippen LogP) is 1.86. The summed E-state index contributed by atoms with van der Waals surface area (Å²) in [5.41, 5.74) is -0.479. The van der Waals surface area contributed by atoms with Crippen LogP contribution in [-0.2, 0) is 0 Å². The first-order valence-corrected chi connectivity index (χ1v) is 7.06. The van der Waals surface area contributed by atoms with Crippen LogP contribution in [0.25, 0.3) is 0 Å². The van der Waals surface area contributed by atoms with Gasteiger partial charge < -0.3 is 15.3 Å². The molecule has 3 N–H and O–H groups in total. The fourth-order valence-corrected chi connectivity index (χ4v) is 3.66. The van der Waals surface area contributed by atoms with Gasteiger partial charge in [0.25, 0.3) is 0 Å². The van der Waals surface area contributed by atoms with Crippen molar-refractivity contribution in [1.29, 1.82) is 0 Å². The van der Waals surface area contributed by atoms with Crippen LogP contribution in [0.3, 0.4) is 0 Å². The molecule has 0 spiro atoms. The summed E-state index contributed by atoms with van der Waals surface area (Å²) in [6, 6.07) is 0. The number of hydrogen-bond donors (Lipinski definition) is 3. The average Bonchev–Trinajstić information content (AvgIpc) is 2.50. The molecule has 0 heterocycles. The van der Waals surface area contributed by atoms with Crippen molar-refractivity contribution in [3.05, 3.63) is 11.6 Å². The highest BCUT2D eigenvalue weighted by atomic mass is 16.3. The van der Waals surface area contributed by atoms with Gasteiger partial charge >= 0.3 is 0 Å². The number of hydrogen-bond acceptors (Lipinski definition) is 3. The van der Waals surface area contributed by atoms with E-state index in [0.717, 1.165) is 12.8 Å². The highest BCUT2D eigenvalue weighted by molar-refractivity contribution is 5.19. The molecule has 2 rings (SSSR count). The van der Waals surface area contributed by atoms with Gasteiger partial charge in [0.05, 0.1) is 17.8 Å². The van der Waals surface area contributed by atoms with Gasteiger partial charge in [-0.2, -0.15) is 0 Å². The summed E-state index contributed by atoms with van der Waals surface area (Å²) < 4.78 is 0. The van der Waals surface area contributed by atoms with Crippen molar-refractivity contribution < 1.29 is 15.3 Å². The van der Waals surface area contributed by atoms with Crippen LogP contribution in [0.1, 0.15) is 46.5 Å². The first-order valence-electron chi connectivity index (χ1n) is 7.06. The first-order chi connectivity index (χ1) is 8.30. The van der Waals surface area contributed by atoms with Crippen LogP contribution in [0.5, 0.6) is 0 Å². The minimum Gasteiger partial charge on any atom is -0.393 e. The van der Waals surface area contributed by atoms with Crippen molar-refractivity contribution in [3.63, 3.8) is 0 Å². The van der Waals surface area contributed by atoms with Crippen molar-refractivity contribution in [3.8, 4) is 0 Å². The van der Waals surface area contributed by atoms with E-state index in [-0.39, 0.29) is 18.4 Å². The zero-order valence-corrected chi connectivity index (χ0v) is 11.7. The van der Waals surface area contributed by atoms with E-state index in [0.29, 0.717) is 18.8 Å². The third kappa shape index (κ3) is 2.24. The Labute approximate surface area is 110 Å². The van der Waals surface area contributed by atoms with Crippen LogP contribution < -0.4 is 0 Å². The Bertz CT molecular complexity index is 346. The van der Waals surface area contributed by atoms with Crippen molar-refractivity contribution in [2.24, 2.45) is 17.8 Å². The molecule has 3 nitrogen and oxygen atoms in total. The largest absolute Gasteiger partial charge is 0.393 e. The Hall–Kier alpha value is -0.380. The lowest BCUT2D eigenvalue weighted by Gasteiger charge is -2.36. The molecule has 2 aliphatic carbocycles. The molecule has 0 radical (unpaired) electrons. The monoisotopic (exact) mass is 254 g/mol. The second-order valence-electron chi connectivity index (χ2n) is 6.69. The molecule has 104 valence electrons. The van der Waals surface area contributed by atoms with Gasteiger partial charge in [-0.15, -0.1) is 0 Å². The Balaban J connectivity index is 2.38. The van der Waals surface area contributed by atoms with Crippen molar-refractivity contribution in [1.82, 2.24) is 0 Å². The van der Waals surface area contributed by atoms with E-state index < -0.39 is 11.2 Å². The molecular formula is C15H26O3. The van der Waals surface area contributed by atoms with Gasteiger partial charge in [-0.25, -0.2) is 0 Å². The van der Waals surface area contributed by atoms with Crippen molar-refractivity contribution in [2.75, 3.05) is 6.61 Å². The lowest BCUT2D eigenvalue weighted by molar-refractivity contribution is -0.0858. The van der Waals surface area contributed by atoms with Gasteiger partial charge in [0.15, 0.2) is 0 Å². The second-order valence-corrected chi connectivity index (χ2v) is 6.69. The molecule has 0 unspecified atom stereocenters. The molecule has 0 bridgehead atoms. The maximum atomic E-state index is 10.7. The predicted molar refractivity (Wildman–Crippen MR) is 71.0 cm³/mol. The van der Waals surface area contributed by atoms with Crippen molar-refractivity contribution >= 4 is 0 Å². The van der Waals surface area contributed by atoms with E-state index in [9.17, 15) is 15.3 Å². The van der Waals surface area contributed by atoms with Gasteiger partial charge in [0.1, 0.15) is 0 Å². The molecule has 4 atom stereocenters. The number of aliphatic hydroxyl groups excluding tert-OH is 1. The summed E-state index contributed by atoms with van der Waals surface area (Å²) in [6.45, 7) is 5.94.